The molecule has 2 aliphatic carbocycles. The highest BCUT2D eigenvalue weighted by Gasteiger charge is 2.60. The molecule has 0 bridgehead atoms. The summed E-state index contributed by atoms with van der Waals surface area (Å²) in [5.41, 5.74) is -3.36. The Morgan fingerprint density at radius 1 is 1.02 bits per heavy atom. The van der Waals surface area contributed by atoms with Crippen molar-refractivity contribution in [3.63, 3.8) is 0 Å². The molecule has 1 spiro atoms. The summed E-state index contributed by atoms with van der Waals surface area (Å²) in [6, 6.07) is 2.90. The van der Waals surface area contributed by atoms with E-state index in [4.69, 9.17) is 19.2 Å². The number of hydrogen-bond acceptors (Lipinski definition) is 10. The van der Waals surface area contributed by atoms with E-state index < -0.39 is 73.6 Å². The molecule has 3 N–H and O–H groups in total. The first-order chi connectivity index (χ1) is 27.6. The first-order valence-corrected chi connectivity index (χ1v) is 22.0. The van der Waals surface area contributed by atoms with Gasteiger partial charge in [-0.25, -0.2) is 18.2 Å². The lowest BCUT2D eigenvalue weighted by Crippen LogP contribution is -2.70. The van der Waals surface area contributed by atoms with Gasteiger partial charge in [0.25, 0.3) is 5.91 Å². The zero-order chi connectivity index (χ0) is 42.8. The van der Waals surface area contributed by atoms with Gasteiger partial charge in [-0.15, -0.1) is 0 Å². The second kappa shape index (κ2) is 15.3. The summed E-state index contributed by atoms with van der Waals surface area (Å²) in [7, 11) is -2.50. The van der Waals surface area contributed by atoms with E-state index in [0.717, 1.165) is 29.3 Å². The number of ether oxygens (including phenoxy) is 3. The minimum Gasteiger partial charge on any atom is -0.497 e. The van der Waals surface area contributed by atoms with Crippen molar-refractivity contribution in [1.82, 2.24) is 25.2 Å². The van der Waals surface area contributed by atoms with Gasteiger partial charge in [-0.2, -0.15) is 13.2 Å². The van der Waals surface area contributed by atoms with Crippen LogP contribution >= 0.6 is 0 Å². The van der Waals surface area contributed by atoms with Crippen LogP contribution in [0.2, 0.25) is 0 Å². The maximum atomic E-state index is 14.8. The Bertz CT molecular complexity index is 2150. The van der Waals surface area contributed by atoms with Crippen LogP contribution in [0.5, 0.6) is 11.5 Å². The van der Waals surface area contributed by atoms with Gasteiger partial charge >= 0.3 is 12.3 Å². The van der Waals surface area contributed by atoms with Crippen molar-refractivity contribution in [2.24, 2.45) is 5.92 Å². The van der Waals surface area contributed by atoms with Gasteiger partial charge in [0.2, 0.25) is 27.4 Å². The van der Waals surface area contributed by atoms with Crippen molar-refractivity contribution in [2.75, 3.05) is 13.7 Å². The van der Waals surface area contributed by atoms with Gasteiger partial charge in [-0.1, -0.05) is 32.1 Å². The lowest BCUT2D eigenvalue weighted by molar-refractivity contribution is -0.244. The molecule has 2 aromatic rings. The van der Waals surface area contributed by atoms with Crippen LogP contribution in [-0.2, 0) is 35.6 Å². The van der Waals surface area contributed by atoms with Crippen molar-refractivity contribution in [2.45, 2.75) is 157 Å². The molecule has 3 aliphatic heterocycles. The van der Waals surface area contributed by atoms with Crippen LogP contribution in [0.1, 0.15) is 115 Å². The average molecular weight is 850 g/mol. The van der Waals surface area contributed by atoms with Crippen LogP contribution in [0.15, 0.2) is 18.2 Å². The third kappa shape index (κ3) is 8.01. The highest BCUT2D eigenvalue weighted by molar-refractivity contribution is 7.91. The van der Waals surface area contributed by atoms with Crippen LogP contribution in [0.25, 0.3) is 10.9 Å². The van der Waals surface area contributed by atoms with Gasteiger partial charge in [-0.05, 0) is 103 Å². The summed E-state index contributed by atoms with van der Waals surface area (Å²) in [5, 5.41) is 6.16. The number of methoxy groups -OCH3 is 1. The number of carbonyl (C=O) groups excluding carboxylic acids is 4. The van der Waals surface area contributed by atoms with Gasteiger partial charge in [0.15, 0.2) is 0 Å². The van der Waals surface area contributed by atoms with Crippen LogP contribution in [0.3, 0.4) is 0 Å². The topological polar surface area (TPSA) is 182 Å². The van der Waals surface area contributed by atoms with Crippen LogP contribution in [0.4, 0.5) is 18.0 Å². The average Bonchev–Trinajstić information content (AvgIpc) is 3.82. The fourth-order valence-corrected chi connectivity index (χ4v) is 10.4. The molecule has 18 heteroatoms. The number of carbonyl (C=O) groups is 4. The quantitative estimate of drug-likeness (QED) is 0.328. The van der Waals surface area contributed by atoms with Crippen LogP contribution < -0.4 is 24.8 Å². The summed E-state index contributed by atoms with van der Waals surface area (Å²) < 4.78 is 86.1. The van der Waals surface area contributed by atoms with E-state index in [1.807, 2.05) is 18.2 Å². The molecule has 2 saturated heterocycles. The number of rotatable bonds is 6. The first-order valence-electron chi connectivity index (χ1n) is 20.5. The molecule has 1 aromatic carbocycles. The number of fused-ring (bicyclic) bond motifs is 5. The van der Waals surface area contributed by atoms with E-state index in [1.165, 1.54) is 4.90 Å². The zero-order valence-corrected chi connectivity index (χ0v) is 35.0. The summed E-state index contributed by atoms with van der Waals surface area (Å²) >= 11 is 0. The molecule has 59 heavy (non-hydrogen) atoms. The molecule has 4 heterocycles. The van der Waals surface area contributed by atoms with Gasteiger partial charge in [0.05, 0.1) is 29.6 Å². The van der Waals surface area contributed by atoms with Crippen molar-refractivity contribution in [3.05, 3.63) is 29.5 Å². The number of aryl methyl sites for hydroxylation is 2. The Balaban J connectivity index is 1.24. The first kappa shape index (κ1) is 42.8. The Hall–Kier alpha value is -4.35. The summed E-state index contributed by atoms with van der Waals surface area (Å²) in [4.78, 5) is 62.9. The number of hydrogen-bond donors (Lipinski definition) is 3. The number of nitrogens with one attached hydrogen (secondary N) is 3. The molecule has 4 fully saturated rings. The molecule has 7 rings (SSSR count). The monoisotopic (exact) mass is 849 g/mol. The predicted molar refractivity (Wildman–Crippen MR) is 209 cm³/mol. The van der Waals surface area contributed by atoms with Gasteiger partial charge in [0.1, 0.15) is 34.7 Å². The third-order valence-corrected chi connectivity index (χ3v) is 15.5. The number of pyridine rings is 1. The van der Waals surface area contributed by atoms with E-state index in [-0.39, 0.29) is 31.7 Å². The van der Waals surface area contributed by atoms with Crippen molar-refractivity contribution < 1.29 is 55.0 Å². The second-order valence-electron chi connectivity index (χ2n) is 17.9. The van der Waals surface area contributed by atoms with Crippen LogP contribution in [-0.4, -0.2) is 95.5 Å². The van der Waals surface area contributed by atoms with Gasteiger partial charge in [-0.3, -0.25) is 19.1 Å². The number of alkyl halides is 3. The fraction of sp³-hybridized carbons (Fsp3) is 0.683. The smallest absolute Gasteiger partial charge is 0.427 e. The minimum absolute atomic E-state index is 0.0311. The number of aromatic nitrogens is 1. The third-order valence-electron chi connectivity index (χ3n) is 13.4. The summed E-state index contributed by atoms with van der Waals surface area (Å²) in [6.45, 7) is 4.66. The predicted octanol–water partition coefficient (Wildman–Crippen LogP) is 5.66. The number of halogens is 3. The van der Waals surface area contributed by atoms with E-state index in [1.54, 1.807) is 21.0 Å². The highest BCUT2D eigenvalue weighted by Crippen LogP contribution is 2.48. The van der Waals surface area contributed by atoms with E-state index in [2.05, 4.69) is 15.4 Å². The Morgan fingerprint density at radius 2 is 1.71 bits per heavy atom. The fourth-order valence-electron chi connectivity index (χ4n) is 9.05. The number of benzene rings is 1. The van der Waals surface area contributed by atoms with Crippen molar-refractivity contribution in [3.8, 4) is 11.5 Å². The Morgan fingerprint density at radius 3 is 2.36 bits per heavy atom. The van der Waals surface area contributed by atoms with Crippen LogP contribution in [0, 0.1) is 12.8 Å². The molecule has 5 aliphatic rings. The molecule has 14 nitrogen and oxygen atoms in total. The summed E-state index contributed by atoms with van der Waals surface area (Å²) in [6.07, 6.45) is -0.109. The lowest BCUT2D eigenvalue weighted by Gasteiger charge is -2.49. The molecule has 0 radical (unpaired) electrons. The number of amides is 4. The lowest BCUT2D eigenvalue weighted by atomic mass is 9.63. The molecular formula is C41H54F3N5O9S. The number of alkyl carbamates (subject to hydrolysis) is 1. The molecular weight excluding hydrogens is 796 g/mol. The summed E-state index contributed by atoms with van der Waals surface area (Å²) in [5.74, 6) is -1.48. The minimum atomic E-state index is -4.89. The largest absolute Gasteiger partial charge is 0.497 e. The number of nitrogens with zero attached hydrogens (tertiary/aromatic N) is 2. The molecule has 324 valence electrons. The Kier molecular flexibility index (Phi) is 11.1. The standard InChI is InChI=1S/C41H54F3N5O9S/c1-24-32-27(28-21-26(56-5)13-14-29(28)45-24)16-17-39(57-32)22-31-33(50)47-40(35(52)48-59(54,55)38(4)19-20-38)18-15-25(40)11-9-7-6-8-10-12-30(34(51)49(31)23-39)46-36(53)58-37(2,3)41(42,43)44/h13-14,21,25,30-31H,6-12,15-20,22-23H2,1-5H3,(H,46,53)(H,47,50)(H,48,52)/t25-,30?,31+,39-,40-/m1/s1. The maximum absolute atomic E-state index is 14.8. The second-order valence-corrected chi connectivity index (χ2v) is 20.1. The molecule has 2 saturated carbocycles. The number of sulfonamides is 1. The zero-order valence-electron chi connectivity index (χ0n) is 34.2. The highest BCUT2D eigenvalue weighted by atomic mass is 32.2. The normalized spacial score (nSPS) is 28.7. The van der Waals surface area contributed by atoms with Crippen molar-refractivity contribution >= 4 is 44.7 Å². The van der Waals surface area contributed by atoms with Crippen molar-refractivity contribution in [1.29, 1.82) is 0 Å². The van der Waals surface area contributed by atoms with E-state index in [9.17, 15) is 40.8 Å². The SMILES string of the molecule is COc1ccc2nc(C)c3c(c2c1)CC[C@]1(C[C@H]2C(=O)N[C@]4(C(=O)NS(=O)(=O)C5(C)CC5)CC[C@H]4CCCCCCCC(NC(=O)OC(C)(C)C(F)(F)F)C(=O)N2C1)O3. The molecule has 1 aromatic heterocycles. The van der Waals surface area contributed by atoms with Gasteiger partial charge < -0.3 is 29.7 Å². The molecule has 1 unspecified atom stereocenters. The molecule has 4 amide bonds. The van der Waals surface area contributed by atoms with E-state index >= 15 is 0 Å². The van der Waals surface area contributed by atoms with Gasteiger partial charge in [0, 0.05) is 17.4 Å². The molecule has 5 atom stereocenters. The maximum Gasteiger partial charge on any atom is 0.427 e. The Labute approximate surface area is 342 Å². The van der Waals surface area contributed by atoms with E-state index in [0.29, 0.717) is 88.8 Å².